The molecule has 0 aliphatic rings. The van der Waals surface area contributed by atoms with Gasteiger partial charge in [-0.1, -0.05) is 6.07 Å². The first-order valence-electron chi connectivity index (χ1n) is 10.6. The Morgan fingerprint density at radius 3 is 2.03 bits per heavy atom. The number of rotatable bonds is 12. The minimum atomic E-state index is -3.81. The SMILES string of the molecule is CCOc1ccc(CNC(=O)CN(c2ccc(S(=O)(=O)N(C)C)cc2)S(C)(=O)=O)cc1OCC. The molecule has 0 fully saturated rings. The summed E-state index contributed by atoms with van der Waals surface area (Å²) < 4.78 is 62.2. The van der Waals surface area contributed by atoms with Crippen LogP contribution in [0.5, 0.6) is 11.5 Å². The maximum atomic E-state index is 12.6. The Balaban J connectivity index is 2.15. The van der Waals surface area contributed by atoms with Crippen molar-refractivity contribution < 1.29 is 31.1 Å². The molecule has 0 aliphatic heterocycles. The zero-order valence-electron chi connectivity index (χ0n) is 19.9. The Labute approximate surface area is 201 Å². The van der Waals surface area contributed by atoms with Crippen LogP contribution in [0.3, 0.4) is 0 Å². The van der Waals surface area contributed by atoms with Crippen molar-refractivity contribution in [2.45, 2.75) is 25.3 Å². The highest BCUT2D eigenvalue weighted by atomic mass is 32.2. The van der Waals surface area contributed by atoms with E-state index in [1.54, 1.807) is 18.2 Å². The number of anilines is 1. The van der Waals surface area contributed by atoms with Gasteiger partial charge in [0, 0.05) is 20.6 Å². The molecule has 0 radical (unpaired) electrons. The van der Waals surface area contributed by atoms with Crippen LogP contribution < -0.4 is 19.1 Å². The third-order valence-corrected chi connectivity index (χ3v) is 7.66. The molecule has 2 aromatic carbocycles. The van der Waals surface area contributed by atoms with E-state index in [0.717, 1.165) is 20.4 Å². The monoisotopic (exact) mass is 513 g/mol. The Bertz CT molecular complexity index is 1200. The summed E-state index contributed by atoms with van der Waals surface area (Å²) in [5.74, 6) is 0.631. The minimum Gasteiger partial charge on any atom is -0.490 e. The van der Waals surface area contributed by atoms with Crippen LogP contribution in [-0.4, -0.2) is 67.2 Å². The van der Waals surface area contributed by atoms with Gasteiger partial charge in [-0.05, 0) is 55.8 Å². The van der Waals surface area contributed by atoms with Gasteiger partial charge >= 0.3 is 0 Å². The molecule has 2 aromatic rings. The number of amides is 1. The van der Waals surface area contributed by atoms with Crippen LogP contribution >= 0.6 is 0 Å². The molecular weight excluding hydrogens is 482 g/mol. The summed E-state index contributed by atoms with van der Waals surface area (Å²) in [7, 11) is -4.67. The van der Waals surface area contributed by atoms with Crippen LogP contribution in [0.15, 0.2) is 47.4 Å². The number of benzene rings is 2. The predicted octanol–water partition coefficient (Wildman–Crippen LogP) is 1.82. The molecule has 0 unspecified atom stereocenters. The van der Waals surface area contributed by atoms with Crippen molar-refractivity contribution in [2.75, 3.05) is 44.4 Å². The molecule has 34 heavy (non-hydrogen) atoms. The van der Waals surface area contributed by atoms with Crippen molar-refractivity contribution in [3.63, 3.8) is 0 Å². The second-order valence-electron chi connectivity index (χ2n) is 7.47. The van der Waals surface area contributed by atoms with Crippen molar-refractivity contribution in [1.82, 2.24) is 9.62 Å². The standard InChI is InChI=1S/C22H31N3O7S2/c1-6-31-20-13-8-17(14-21(20)32-7-2)15-23-22(26)16-25(33(5,27)28)18-9-11-19(12-10-18)34(29,30)24(3)4/h8-14H,6-7,15-16H2,1-5H3,(H,23,26). The number of carbonyl (C=O) groups is 1. The van der Waals surface area contributed by atoms with Crippen molar-refractivity contribution in [3.8, 4) is 11.5 Å². The third-order valence-electron chi connectivity index (χ3n) is 4.69. The predicted molar refractivity (Wildman–Crippen MR) is 130 cm³/mol. The van der Waals surface area contributed by atoms with E-state index in [2.05, 4.69) is 5.32 Å². The molecule has 0 saturated carbocycles. The van der Waals surface area contributed by atoms with Gasteiger partial charge in [-0.25, -0.2) is 21.1 Å². The average molecular weight is 514 g/mol. The Morgan fingerprint density at radius 2 is 1.50 bits per heavy atom. The Kier molecular flexibility index (Phi) is 9.30. The second kappa shape index (κ2) is 11.5. The van der Waals surface area contributed by atoms with E-state index in [9.17, 15) is 21.6 Å². The van der Waals surface area contributed by atoms with Gasteiger partial charge in [-0.15, -0.1) is 0 Å². The highest BCUT2D eigenvalue weighted by Gasteiger charge is 2.23. The molecule has 12 heteroatoms. The van der Waals surface area contributed by atoms with E-state index in [-0.39, 0.29) is 17.1 Å². The molecule has 188 valence electrons. The number of nitrogens with one attached hydrogen (secondary N) is 1. The van der Waals surface area contributed by atoms with Crippen molar-refractivity contribution >= 4 is 31.6 Å². The first-order chi connectivity index (χ1) is 15.9. The molecule has 10 nitrogen and oxygen atoms in total. The van der Waals surface area contributed by atoms with Gasteiger partial charge in [0.05, 0.1) is 30.1 Å². The summed E-state index contributed by atoms with van der Waals surface area (Å²) in [5, 5.41) is 2.70. The summed E-state index contributed by atoms with van der Waals surface area (Å²) in [5.41, 5.74) is 0.930. The molecule has 0 heterocycles. The Morgan fingerprint density at radius 1 is 0.912 bits per heavy atom. The largest absolute Gasteiger partial charge is 0.490 e. The highest BCUT2D eigenvalue weighted by molar-refractivity contribution is 7.92. The molecule has 0 saturated heterocycles. The Hall–Kier alpha value is -2.83. The second-order valence-corrected chi connectivity index (χ2v) is 11.5. The summed E-state index contributed by atoms with van der Waals surface area (Å²) in [6.45, 7) is 4.35. The van der Waals surface area contributed by atoms with E-state index >= 15 is 0 Å². The maximum Gasteiger partial charge on any atom is 0.242 e. The molecule has 0 spiro atoms. The van der Waals surface area contributed by atoms with E-state index < -0.39 is 32.5 Å². The lowest BCUT2D eigenvalue weighted by atomic mass is 10.2. The molecule has 1 amide bonds. The topological polar surface area (TPSA) is 122 Å². The normalized spacial score (nSPS) is 11.8. The number of sulfonamides is 2. The molecule has 2 rings (SSSR count). The van der Waals surface area contributed by atoms with Crippen LogP contribution in [0.4, 0.5) is 5.69 Å². The number of nitrogens with zero attached hydrogens (tertiary/aromatic N) is 2. The smallest absolute Gasteiger partial charge is 0.242 e. The molecule has 0 aliphatic carbocycles. The average Bonchev–Trinajstić information content (AvgIpc) is 2.77. The van der Waals surface area contributed by atoms with E-state index in [0.29, 0.717) is 24.7 Å². The van der Waals surface area contributed by atoms with Gasteiger partial charge in [0.1, 0.15) is 6.54 Å². The van der Waals surface area contributed by atoms with Crippen LogP contribution in [0.2, 0.25) is 0 Å². The number of ether oxygens (including phenoxy) is 2. The lowest BCUT2D eigenvalue weighted by Gasteiger charge is -2.22. The summed E-state index contributed by atoms with van der Waals surface area (Å²) in [6.07, 6.45) is 0.978. The van der Waals surface area contributed by atoms with Crippen LogP contribution in [-0.2, 0) is 31.4 Å². The van der Waals surface area contributed by atoms with Crippen LogP contribution in [0.1, 0.15) is 19.4 Å². The van der Waals surface area contributed by atoms with Crippen LogP contribution in [0, 0.1) is 0 Å². The number of hydrogen-bond acceptors (Lipinski definition) is 7. The third kappa shape index (κ3) is 7.08. The first-order valence-corrected chi connectivity index (χ1v) is 13.8. The number of carbonyl (C=O) groups excluding carboxylic acids is 1. The first kappa shape index (κ1) is 27.4. The van der Waals surface area contributed by atoms with E-state index in [1.807, 2.05) is 13.8 Å². The number of hydrogen-bond donors (Lipinski definition) is 1. The summed E-state index contributed by atoms with van der Waals surface area (Å²) in [6, 6.07) is 10.6. The fourth-order valence-electron chi connectivity index (χ4n) is 2.99. The van der Waals surface area contributed by atoms with Crippen molar-refractivity contribution in [3.05, 3.63) is 48.0 Å². The summed E-state index contributed by atoms with van der Waals surface area (Å²) in [4.78, 5) is 12.6. The fourth-order valence-corrected chi connectivity index (χ4v) is 4.75. The zero-order valence-corrected chi connectivity index (χ0v) is 21.6. The van der Waals surface area contributed by atoms with Gasteiger partial charge in [0.25, 0.3) is 0 Å². The maximum absolute atomic E-state index is 12.6. The van der Waals surface area contributed by atoms with Crippen molar-refractivity contribution in [1.29, 1.82) is 0 Å². The van der Waals surface area contributed by atoms with Crippen LogP contribution in [0.25, 0.3) is 0 Å². The van der Waals surface area contributed by atoms with E-state index in [1.165, 1.54) is 38.4 Å². The molecule has 1 N–H and O–H groups in total. The van der Waals surface area contributed by atoms with Gasteiger partial charge in [0.2, 0.25) is 26.0 Å². The molecule has 0 aromatic heterocycles. The van der Waals surface area contributed by atoms with Gasteiger partial charge in [0.15, 0.2) is 11.5 Å². The molecular formula is C22H31N3O7S2. The zero-order chi connectivity index (χ0) is 25.5. The molecule has 0 atom stereocenters. The highest BCUT2D eigenvalue weighted by Crippen LogP contribution is 2.28. The summed E-state index contributed by atoms with van der Waals surface area (Å²) >= 11 is 0. The van der Waals surface area contributed by atoms with E-state index in [4.69, 9.17) is 9.47 Å². The van der Waals surface area contributed by atoms with Gasteiger partial charge < -0.3 is 14.8 Å². The molecule has 0 bridgehead atoms. The fraction of sp³-hybridized carbons (Fsp3) is 0.409. The minimum absolute atomic E-state index is 0.0137. The lowest BCUT2D eigenvalue weighted by Crippen LogP contribution is -2.40. The quantitative estimate of drug-likeness (QED) is 0.459. The lowest BCUT2D eigenvalue weighted by molar-refractivity contribution is -0.119. The van der Waals surface area contributed by atoms with Gasteiger partial charge in [-0.3, -0.25) is 9.10 Å². The van der Waals surface area contributed by atoms with Gasteiger partial charge in [-0.2, -0.15) is 0 Å². The van der Waals surface area contributed by atoms with Crippen molar-refractivity contribution in [2.24, 2.45) is 0 Å².